The van der Waals surface area contributed by atoms with Crippen molar-refractivity contribution in [2.75, 3.05) is 12.3 Å². The zero-order chi connectivity index (χ0) is 13.5. The smallest absolute Gasteiger partial charge is 0.0537 e. The summed E-state index contributed by atoms with van der Waals surface area (Å²) in [5, 5.41) is 8.96. The average Bonchev–Trinajstić information content (AvgIpc) is 3.06. The summed E-state index contributed by atoms with van der Waals surface area (Å²) in [6, 6.07) is 0.459. The summed E-state index contributed by atoms with van der Waals surface area (Å²) in [7, 11) is 0. The first-order valence-corrected chi connectivity index (χ1v) is 8.75. The minimum absolute atomic E-state index is 0.459. The Labute approximate surface area is 121 Å². The fourth-order valence-corrected chi connectivity index (χ4v) is 4.16. The summed E-state index contributed by atoms with van der Waals surface area (Å²) in [5.74, 6) is 1.18. The molecule has 0 spiro atoms. The molecule has 0 saturated heterocycles. The zero-order valence-corrected chi connectivity index (χ0v) is 13.1. The Bertz CT molecular complexity index is 358. The summed E-state index contributed by atoms with van der Waals surface area (Å²) in [6.45, 7) is 6.42. The number of rotatable bonds is 8. The topological polar surface area (TPSA) is 29.9 Å². The second-order valence-electron chi connectivity index (χ2n) is 5.39. The maximum absolute atomic E-state index is 4.46. The molecule has 0 bridgehead atoms. The third-order valence-electron chi connectivity index (χ3n) is 3.76. The van der Waals surface area contributed by atoms with E-state index in [0.717, 1.165) is 24.8 Å². The van der Waals surface area contributed by atoms with Crippen molar-refractivity contribution in [1.29, 1.82) is 0 Å². The van der Waals surface area contributed by atoms with E-state index in [-0.39, 0.29) is 0 Å². The van der Waals surface area contributed by atoms with Crippen LogP contribution >= 0.6 is 11.8 Å². The molecule has 1 heterocycles. The Morgan fingerprint density at radius 2 is 2.21 bits per heavy atom. The molecule has 1 N–H and O–H groups in total. The molecule has 1 atom stereocenters. The molecule has 0 aliphatic heterocycles. The van der Waals surface area contributed by atoms with E-state index in [1.807, 2.05) is 6.20 Å². The van der Waals surface area contributed by atoms with Crippen LogP contribution in [-0.2, 0) is 6.54 Å². The van der Waals surface area contributed by atoms with Gasteiger partial charge in [-0.1, -0.05) is 26.7 Å². The van der Waals surface area contributed by atoms with E-state index < -0.39 is 0 Å². The van der Waals surface area contributed by atoms with Crippen LogP contribution < -0.4 is 5.32 Å². The lowest BCUT2D eigenvalue weighted by Gasteiger charge is -2.18. The number of hydrogen-bond acceptors (Lipinski definition) is 3. The molecule has 0 radical (unpaired) electrons. The molecule has 1 aromatic rings. The number of aryl methyl sites for hydroxylation is 1. The van der Waals surface area contributed by atoms with Crippen LogP contribution in [0.1, 0.15) is 57.6 Å². The van der Waals surface area contributed by atoms with Gasteiger partial charge < -0.3 is 5.32 Å². The molecule has 2 rings (SSSR count). The number of thioether (sulfide) groups is 1. The Balaban J connectivity index is 1.89. The number of hydrogen-bond donors (Lipinski definition) is 1. The van der Waals surface area contributed by atoms with E-state index in [1.54, 1.807) is 0 Å². The van der Waals surface area contributed by atoms with Crippen molar-refractivity contribution in [2.24, 2.45) is 0 Å². The molecule has 1 unspecified atom stereocenters. The molecule has 1 aliphatic rings. The van der Waals surface area contributed by atoms with Crippen molar-refractivity contribution in [2.45, 2.75) is 63.8 Å². The molecule has 1 aliphatic carbocycles. The van der Waals surface area contributed by atoms with Crippen LogP contribution in [0, 0.1) is 0 Å². The molecule has 1 fully saturated rings. The van der Waals surface area contributed by atoms with Crippen LogP contribution in [0.2, 0.25) is 0 Å². The Morgan fingerprint density at radius 1 is 1.42 bits per heavy atom. The van der Waals surface area contributed by atoms with Gasteiger partial charge in [-0.05, 0) is 25.8 Å². The zero-order valence-electron chi connectivity index (χ0n) is 12.3. The molecule has 3 nitrogen and oxygen atoms in total. The van der Waals surface area contributed by atoms with Gasteiger partial charge in [0.05, 0.1) is 6.20 Å². The van der Waals surface area contributed by atoms with Gasteiger partial charge in [-0.15, -0.1) is 0 Å². The summed E-state index contributed by atoms with van der Waals surface area (Å²) < 4.78 is 2.07. The van der Waals surface area contributed by atoms with Crippen molar-refractivity contribution in [3.63, 3.8) is 0 Å². The van der Waals surface area contributed by atoms with E-state index >= 15 is 0 Å². The normalized spacial score (nSPS) is 18.0. The predicted molar refractivity (Wildman–Crippen MR) is 83.6 cm³/mol. The molecule has 0 amide bonds. The average molecular weight is 281 g/mol. The van der Waals surface area contributed by atoms with E-state index in [0.29, 0.717) is 6.04 Å². The van der Waals surface area contributed by atoms with Gasteiger partial charge in [0.15, 0.2) is 0 Å². The number of nitrogens with one attached hydrogen (secondary N) is 1. The van der Waals surface area contributed by atoms with Crippen LogP contribution in [0.25, 0.3) is 0 Å². The maximum atomic E-state index is 4.46. The van der Waals surface area contributed by atoms with Gasteiger partial charge in [-0.2, -0.15) is 16.9 Å². The number of nitrogens with zero attached hydrogens (tertiary/aromatic N) is 2. The second kappa shape index (κ2) is 7.95. The van der Waals surface area contributed by atoms with Gasteiger partial charge in [0, 0.05) is 35.3 Å². The monoisotopic (exact) mass is 281 g/mol. The largest absolute Gasteiger partial charge is 0.309 e. The van der Waals surface area contributed by atoms with Crippen LogP contribution in [0.3, 0.4) is 0 Å². The lowest BCUT2D eigenvalue weighted by atomic mass is 10.2. The highest BCUT2D eigenvalue weighted by Gasteiger charge is 2.19. The van der Waals surface area contributed by atoms with Crippen LogP contribution in [0.4, 0.5) is 0 Å². The first kappa shape index (κ1) is 14.9. The summed E-state index contributed by atoms with van der Waals surface area (Å²) in [4.78, 5) is 0. The van der Waals surface area contributed by atoms with Crippen LogP contribution in [0.15, 0.2) is 12.4 Å². The number of aromatic nitrogens is 2. The highest BCUT2D eigenvalue weighted by Crippen LogP contribution is 2.32. The Morgan fingerprint density at radius 3 is 2.89 bits per heavy atom. The molecular weight excluding hydrogens is 254 g/mol. The van der Waals surface area contributed by atoms with Crippen LogP contribution in [-0.4, -0.2) is 27.3 Å². The fourth-order valence-electron chi connectivity index (χ4n) is 2.72. The van der Waals surface area contributed by atoms with Crippen molar-refractivity contribution >= 4 is 11.8 Å². The van der Waals surface area contributed by atoms with E-state index in [4.69, 9.17) is 0 Å². The van der Waals surface area contributed by atoms with Gasteiger partial charge in [-0.3, -0.25) is 4.68 Å². The molecule has 0 aromatic carbocycles. The quantitative estimate of drug-likeness (QED) is 0.789. The fraction of sp³-hybridized carbons (Fsp3) is 0.800. The van der Waals surface area contributed by atoms with Gasteiger partial charge in [0.1, 0.15) is 0 Å². The summed E-state index contributed by atoms with van der Waals surface area (Å²) >= 11 is 2.15. The maximum Gasteiger partial charge on any atom is 0.0537 e. The van der Waals surface area contributed by atoms with Gasteiger partial charge in [-0.25, -0.2) is 0 Å². The Kier molecular flexibility index (Phi) is 6.24. The van der Waals surface area contributed by atoms with Crippen molar-refractivity contribution < 1.29 is 0 Å². The predicted octanol–water partition coefficient (Wildman–Crippen LogP) is 3.62. The molecular formula is C15H27N3S. The minimum atomic E-state index is 0.459. The lowest BCUT2D eigenvalue weighted by molar-refractivity contribution is 0.590. The highest BCUT2D eigenvalue weighted by molar-refractivity contribution is 7.99. The second-order valence-corrected chi connectivity index (χ2v) is 6.72. The Hall–Kier alpha value is -0.480. The summed E-state index contributed by atoms with van der Waals surface area (Å²) in [5.41, 5.74) is 1.35. The van der Waals surface area contributed by atoms with E-state index in [2.05, 4.69) is 46.9 Å². The van der Waals surface area contributed by atoms with Crippen molar-refractivity contribution in [1.82, 2.24) is 15.1 Å². The van der Waals surface area contributed by atoms with Gasteiger partial charge >= 0.3 is 0 Å². The molecule has 108 valence electrons. The SMILES string of the molecule is CCCn1cc(C(CSC2CCCC2)NCC)cn1. The minimum Gasteiger partial charge on any atom is -0.309 e. The third kappa shape index (κ3) is 4.53. The first-order chi connectivity index (χ1) is 9.33. The first-order valence-electron chi connectivity index (χ1n) is 7.70. The van der Waals surface area contributed by atoms with Gasteiger partial charge in [0.2, 0.25) is 0 Å². The van der Waals surface area contributed by atoms with Gasteiger partial charge in [0.25, 0.3) is 0 Å². The molecule has 1 aromatic heterocycles. The van der Waals surface area contributed by atoms with Crippen LogP contribution in [0.5, 0.6) is 0 Å². The van der Waals surface area contributed by atoms with E-state index in [1.165, 1.54) is 37.0 Å². The van der Waals surface area contributed by atoms with Crippen molar-refractivity contribution in [3.05, 3.63) is 18.0 Å². The standard InChI is InChI=1S/C15H27N3S/c1-3-9-18-11-13(10-17-18)15(16-4-2)12-19-14-7-5-6-8-14/h10-11,14-16H,3-9,12H2,1-2H3. The lowest BCUT2D eigenvalue weighted by Crippen LogP contribution is -2.23. The summed E-state index contributed by atoms with van der Waals surface area (Å²) in [6.07, 6.45) is 11.1. The molecule has 4 heteroatoms. The molecule has 1 saturated carbocycles. The van der Waals surface area contributed by atoms with E-state index in [9.17, 15) is 0 Å². The highest BCUT2D eigenvalue weighted by atomic mass is 32.2. The van der Waals surface area contributed by atoms with Crippen molar-refractivity contribution in [3.8, 4) is 0 Å². The third-order valence-corrected chi connectivity index (χ3v) is 5.23. The molecule has 19 heavy (non-hydrogen) atoms.